The fraction of sp³-hybridized carbons (Fsp3) is 0.312. The second-order valence-electron chi connectivity index (χ2n) is 9.24. The van der Waals surface area contributed by atoms with Crippen molar-refractivity contribution in [3.05, 3.63) is 89.1 Å². The first-order valence-electron chi connectivity index (χ1n) is 13.1. The molecule has 0 radical (unpaired) electrons. The highest BCUT2D eigenvalue weighted by Crippen LogP contribution is 2.29. The minimum atomic E-state index is -0.495. The molecule has 0 spiro atoms. The van der Waals surface area contributed by atoms with Gasteiger partial charge in [0, 0.05) is 11.1 Å². The number of cyclic esters (lactones) is 1. The van der Waals surface area contributed by atoms with Gasteiger partial charge >= 0.3 is 5.97 Å². The Hall–Kier alpha value is -3.86. The number of aryl methyl sites for hydroxylation is 1. The normalized spacial score (nSPS) is 14.0. The number of hydrogen-bond donors (Lipinski definition) is 0. The molecular formula is C32H35NO4. The Kier molecular flexibility index (Phi) is 9.14. The quantitative estimate of drug-likeness (QED) is 0.147. The molecule has 0 saturated carbocycles. The minimum Gasteiger partial charge on any atom is -0.497 e. The molecule has 0 atom stereocenters. The molecular weight excluding hydrogens is 462 g/mol. The van der Waals surface area contributed by atoms with E-state index in [4.69, 9.17) is 14.2 Å². The Morgan fingerprint density at radius 3 is 2.11 bits per heavy atom. The monoisotopic (exact) mass is 497 g/mol. The lowest BCUT2D eigenvalue weighted by atomic mass is 10.00. The van der Waals surface area contributed by atoms with Crippen LogP contribution in [-0.2, 0) is 16.0 Å². The molecule has 0 bridgehead atoms. The van der Waals surface area contributed by atoms with E-state index in [0.717, 1.165) is 23.1 Å². The summed E-state index contributed by atoms with van der Waals surface area (Å²) >= 11 is 0. The third-order valence-electron chi connectivity index (χ3n) is 6.59. The first kappa shape index (κ1) is 26.2. The lowest BCUT2D eigenvalue weighted by Gasteiger charge is -2.07. The van der Waals surface area contributed by atoms with Crippen molar-refractivity contribution in [2.24, 2.45) is 4.99 Å². The predicted octanol–water partition coefficient (Wildman–Crippen LogP) is 7.62. The van der Waals surface area contributed by atoms with Gasteiger partial charge in [-0.05, 0) is 65.9 Å². The molecule has 5 heteroatoms. The van der Waals surface area contributed by atoms with Gasteiger partial charge in [0.2, 0.25) is 5.90 Å². The molecule has 37 heavy (non-hydrogen) atoms. The molecule has 0 aliphatic carbocycles. The zero-order valence-corrected chi connectivity index (χ0v) is 22.0. The number of methoxy groups -OCH3 is 2. The van der Waals surface area contributed by atoms with Crippen LogP contribution >= 0.6 is 0 Å². The van der Waals surface area contributed by atoms with E-state index < -0.39 is 5.97 Å². The standard InChI is InChI=1S/C32H35NO4/c1-4-5-6-7-8-9-10-23-11-13-24(14-12-23)25-15-17-26(18-16-25)31-33-29(32(34)37-31)22-27-21-28(35-2)19-20-30(27)36-3/h11-22H,4-10H2,1-3H3. The van der Waals surface area contributed by atoms with Crippen LogP contribution in [0.1, 0.15) is 62.1 Å². The van der Waals surface area contributed by atoms with Gasteiger partial charge < -0.3 is 14.2 Å². The smallest absolute Gasteiger partial charge is 0.363 e. The number of unbranched alkanes of at least 4 members (excludes halogenated alkanes) is 5. The van der Waals surface area contributed by atoms with E-state index in [9.17, 15) is 4.79 Å². The maximum atomic E-state index is 12.5. The molecule has 1 aliphatic heterocycles. The van der Waals surface area contributed by atoms with Crippen molar-refractivity contribution < 1.29 is 19.0 Å². The molecule has 3 aromatic rings. The Balaban J connectivity index is 1.42. The van der Waals surface area contributed by atoms with Gasteiger partial charge in [0.05, 0.1) is 14.2 Å². The number of ether oxygens (including phenoxy) is 3. The number of esters is 1. The average Bonchev–Trinajstić information content (AvgIpc) is 3.30. The van der Waals surface area contributed by atoms with Crippen LogP contribution in [0.2, 0.25) is 0 Å². The maximum absolute atomic E-state index is 12.5. The molecule has 0 amide bonds. The zero-order chi connectivity index (χ0) is 26.0. The highest BCUT2D eigenvalue weighted by molar-refractivity contribution is 6.13. The molecule has 1 heterocycles. The van der Waals surface area contributed by atoms with E-state index in [2.05, 4.69) is 36.2 Å². The lowest BCUT2D eigenvalue weighted by molar-refractivity contribution is -0.129. The number of aliphatic imine (C=N–C) groups is 1. The van der Waals surface area contributed by atoms with E-state index in [1.807, 2.05) is 24.3 Å². The average molecular weight is 498 g/mol. The topological polar surface area (TPSA) is 57.1 Å². The summed E-state index contributed by atoms with van der Waals surface area (Å²) in [6.45, 7) is 2.25. The van der Waals surface area contributed by atoms with Crippen molar-refractivity contribution in [1.29, 1.82) is 0 Å². The SMILES string of the molecule is CCCCCCCCc1ccc(-c2ccc(C3=NC(=Cc4cc(OC)ccc4OC)C(=O)O3)cc2)cc1. The van der Waals surface area contributed by atoms with Gasteiger partial charge in [-0.1, -0.05) is 75.4 Å². The summed E-state index contributed by atoms with van der Waals surface area (Å²) in [5, 5.41) is 0. The number of nitrogens with zero attached hydrogens (tertiary/aromatic N) is 1. The van der Waals surface area contributed by atoms with Crippen LogP contribution in [0.5, 0.6) is 11.5 Å². The van der Waals surface area contributed by atoms with Crippen LogP contribution in [0.15, 0.2) is 77.4 Å². The highest BCUT2D eigenvalue weighted by atomic mass is 16.6. The second kappa shape index (κ2) is 12.9. The number of rotatable bonds is 12. The summed E-state index contributed by atoms with van der Waals surface area (Å²) in [5.74, 6) is 1.07. The molecule has 192 valence electrons. The number of carbonyl (C=O) groups is 1. The molecule has 5 nitrogen and oxygen atoms in total. The van der Waals surface area contributed by atoms with Crippen LogP contribution in [0, 0.1) is 0 Å². The second-order valence-corrected chi connectivity index (χ2v) is 9.24. The largest absolute Gasteiger partial charge is 0.497 e. The van der Waals surface area contributed by atoms with Crippen LogP contribution in [0.3, 0.4) is 0 Å². The molecule has 1 aliphatic rings. The van der Waals surface area contributed by atoms with Crippen LogP contribution in [-0.4, -0.2) is 26.1 Å². The van der Waals surface area contributed by atoms with Crippen molar-refractivity contribution in [2.75, 3.05) is 14.2 Å². The van der Waals surface area contributed by atoms with Gasteiger partial charge in [-0.2, -0.15) is 0 Å². The van der Waals surface area contributed by atoms with Gasteiger partial charge in [0.25, 0.3) is 0 Å². The first-order valence-corrected chi connectivity index (χ1v) is 13.1. The fourth-order valence-corrected chi connectivity index (χ4v) is 4.41. The van der Waals surface area contributed by atoms with E-state index in [1.54, 1.807) is 38.5 Å². The third-order valence-corrected chi connectivity index (χ3v) is 6.59. The minimum absolute atomic E-state index is 0.214. The molecule has 4 rings (SSSR count). The van der Waals surface area contributed by atoms with E-state index in [1.165, 1.54) is 44.1 Å². The molecule has 0 fully saturated rings. The van der Waals surface area contributed by atoms with Crippen molar-refractivity contribution >= 4 is 17.9 Å². The summed E-state index contributed by atoms with van der Waals surface area (Å²) in [7, 11) is 3.17. The van der Waals surface area contributed by atoms with Crippen molar-refractivity contribution in [3.63, 3.8) is 0 Å². The molecule has 0 aromatic heterocycles. The van der Waals surface area contributed by atoms with Crippen molar-refractivity contribution in [2.45, 2.75) is 51.9 Å². The summed E-state index contributed by atoms with van der Waals surface area (Å²) in [6.07, 6.45) is 10.7. The van der Waals surface area contributed by atoms with E-state index >= 15 is 0 Å². The molecule has 0 N–H and O–H groups in total. The van der Waals surface area contributed by atoms with Gasteiger partial charge in [0.15, 0.2) is 5.70 Å². The Bertz CT molecular complexity index is 1260. The fourth-order valence-electron chi connectivity index (χ4n) is 4.41. The Morgan fingerprint density at radius 2 is 1.43 bits per heavy atom. The summed E-state index contributed by atoms with van der Waals surface area (Å²) < 4.78 is 16.2. The van der Waals surface area contributed by atoms with Crippen LogP contribution < -0.4 is 9.47 Å². The summed E-state index contributed by atoms with van der Waals surface area (Å²) in [6, 6.07) is 22.1. The molecule has 0 saturated heterocycles. The Morgan fingerprint density at radius 1 is 0.784 bits per heavy atom. The number of benzene rings is 3. The van der Waals surface area contributed by atoms with Crippen LogP contribution in [0.4, 0.5) is 0 Å². The maximum Gasteiger partial charge on any atom is 0.363 e. The molecule has 0 unspecified atom stereocenters. The summed E-state index contributed by atoms with van der Waals surface area (Å²) in [4.78, 5) is 16.9. The number of carbonyl (C=O) groups excluding carboxylic acids is 1. The Labute approximate surface area is 219 Å². The van der Waals surface area contributed by atoms with Gasteiger partial charge in [0.1, 0.15) is 11.5 Å². The van der Waals surface area contributed by atoms with Crippen molar-refractivity contribution in [1.82, 2.24) is 0 Å². The predicted molar refractivity (Wildman–Crippen MR) is 149 cm³/mol. The highest BCUT2D eigenvalue weighted by Gasteiger charge is 2.24. The zero-order valence-electron chi connectivity index (χ0n) is 22.0. The third kappa shape index (κ3) is 6.88. The van der Waals surface area contributed by atoms with Gasteiger partial charge in [-0.15, -0.1) is 0 Å². The van der Waals surface area contributed by atoms with Gasteiger partial charge in [-0.25, -0.2) is 9.79 Å². The summed E-state index contributed by atoms with van der Waals surface area (Å²) in [5.41, 5.74) is 5.31. The first-order chi connectivity index (χ1) is 18.1. The van der Waals surface area contributed by atoms with E-state index in [-0.39, 0.29) is 5.70 Å². The van der Waals surface area contributed by atoms with E-state index in [0.29, 0.717) is 23.0 Å². The van der Waals surface area contributed by atoms with Crippen molar-refractivity contribution in [3.8, 4) is 22.6 Å². The number of hydrogen-bond acceptors (Lipinski definition) is 5. The van der Waals surface area contributed by atoms with Gasteiger partial charge in [-0.3, -0.25) is 0 Å². The van der Waals surface area contributed by atoms with Crippen LogP contribution in [0.25, 0.3) is 17.2 Å². The lowest BCUT2D eigenvalue weighted by Crippen LogP contribution is -2.05. The molecule has 3 aromatic carbocycles.